The van der Waals surface area contributed by atoms with E-state index < -0.39 is 15.9 Å². The molecule has 0 fully saturated rings. The summed E-state index contributed by atoms with van der Waals surface area (Å²) in [5.41, 5.74) is 2.75. The first-order chi connectivity index (χ1) is 18.4. The van der Waals surface area contributed by atoms with Crippen LogP contribution in [0.3, 0.4) is 0 Å². The number of para-hydroxylation sites is 1. The molecule has 0 aliphatic rings. The van der Waals surface area contributed by atoms with Crippen LogP contribution in [0.5, 0.6) is 0 Å². The van der Waals surface area contributed by atoms with Crippen LogP contribution in [0.2, 0.25) is 0 Å². The number of nitrogens with zero attached hydrogens (tertiary/aromatic N) is 4. The average Bonchev–Trinajstić information content (AvgIpc) is 3.59. The molecule has 0 aliphatic heterocycles. The minimum Gasteiger partial charge on any atom is -0.267 e. The number of hydrazone groups is 1. The zero-order chi connectivity index (χ0) is 26.7. The van der Waals surface area contributed by atoms with Crippen molar-refractivity contribution in [1.82, 2.24) is 4.98 Å². The molecule has 0 saturated heterocycles. The highest BCUT2D eigenvalue weighted by Gasteiger charge is 2.25. The van der Waals surface area contributed by atoms with Crippen molar-refractivity contribution in [1.29, 1.82) is 0 Å². The number of benzene rings is 3. The van der Waals surface area contributed by atoms with Crippen molar-refractivity contribution in [3.8, 4) is 0 Å². The number of thiazole rings is 1. The Kier molecular flexibility index (Phi) is 7.37. The first-order valence-corrected chi connectivity index (χ1v) is 15.0. The fourth-order valence-electron chi connectivity index (χ4n) is 3.88. The highest BCUT2D eigenvalue weighted by Crippen LogP contribution is 2.31. The zero-order valence-corrected chi connectivity index (χ0v) is 23.1. The number of aromatic nitrogens is 1. The summed E-state index contributed by atoms with van der Waals surface area (Å²) in [6, 6.07) is 24.6. The highest BCUT2D eigenvalue weighted by molar-refractivity contribution is 7.92. The van der Waals surface area contributed by atoms with Gasteiger partial charge in [-0.15, -0.1) is 11.3 Å². The maximum Gasteiger partial charge on any atom is 0.280 e. The molecule has 5 aromatic rings. The monoisotopic (exact) mass is 560 g/mol. The van der Waals surface area contributed by atoms with Crippen LogP contribution in [0.15, 0.2) is 100 Å². The van der Waals surface area contributed by atoms with E-state index in [0.717, 1.165) is 20.7 Å². The molecule has 0 aliphatic carbocycles. The number of aryl methyl sites for hydroxylation is 1. The number of hydrogen-bond donors (Lipinski definition) is 0. The number of amides is 1. The van der Waals surface area contributed by atoms with Crippen molar-refractivity contribution < 1.29 is 13.2 Å². The van der Waals surface area contributed by atoms with E-state index in [1.807, 2.05) is 48.7 Å². The van der Waals surface area contributed by atoms with E-state index in [4.69, 9.17) is 0 Å². The molecule has 7 nitrogen and oxygen atoms in total. The van der Waals surface area contributed by atoms with E-state index in [9.17, 15) is 13.2 Å². The third-order valence-corrected chi connectivity index (χ3v) is 9.49. The molecule has 38 heavy (non-hydrogen) atoms. The number of thiophene rings is 1. The average molecular weight is 561 g/mol. The largest absolute Gasteiger partial charge is 0.280 e. The Balaban J connectivity index is 1.48. The van der Waals surface area contributed by atoms with E-state index in [1.54, 1.807) is 37.4 Å². The first-order valence-electron chi connectivity index (χ1n) is 11.8. The number of fused-ring (bicyclic) bond motifs is 1. The lowest BCUT2D eigenvalue weighted by atomic mass is 10.2. The Hall–Kier alpha value is -3.86. The third kappa shape index (κ3) is 5.24. The Morgan fingerprint density at radius 1 is 1.00 bits per heavy atom. The van der Waals surface area contributed by atoms with Crippen LogP contribution in [0.1, 0.15) is 27.7 Å². The van der Waals surface area contributed by atoms with Crippen LogP contribution < -0.4 is 9.31 Å². The normalized spacial score (nSPS) is 11.7. The standard InChI is InChI=1S/C28H24N4O3S3/c1-3-31(22-8-5-4-6-9-22)38(34,35)24-14-12-21(13-15-24)27(33)32(29-19-23-10-7-17-36-23)28-30-25-16-11-20(2)18-26(25)37-28/h4-19H,3H2,1-2H3/b29-19+. The van der Waals surface area contributed by atoms with Crippen LogP contribution in [-0.2, 0) is 10.0 Å². The number of sulfonamides is 1. The fourth-order valence-corrected chi connectivity index (χ4v) is 6.96. The van der Waals surface area contributed by atoms with Crippen molar-refractivity contribution in [2.45, 2.75) is 18.7 Å². The molecule has 0 bridgehead atoms. The topological polar surface area (TPSA) is 82.9 Å². The van der Waals surface area contributed by atoms with Gasteiger partial charge in [-0.3, -0.25) is 9.10 Å². The van der Waals surface area contributed by atoms with Gasteiger partial charge in [-0.25, -0.2) is 13.4 Å². The molecule has 0 N–H and O–H groups in total. The van der Waals surface area contributed by atoms with Crippen LogP contribution in [0.25, 0.3) is 10.2 Å². The van der Waals surface area contributed by atoms with Gasteiger partial charge in [0, 0.05) is 17.0 Å². The molecule has 192 valence electrons. The SMILES string of the molecule is CCN(c1ccccc1)S(=O)(=O)c1ccc(C(=O)N(/N=C/c2cccs2)c2nc3ccc(C)cc3s2)cc1. The molecule has 0 saturated carbocycles. The fraction of sp³-hybridized carbons (Fsp3) is 0.107. The smallest absolute Gasteiger partial charge is 0.267 e. The summed E-state index contributed by atoms with van der Waals surface area (Å²) in [7, 11) is -3.81. The number of carbonyl (C=O) groups excluding carboxylic acids is 1. The Morgan fingerprint density at radius 2 is 1.76 bits per heavy atom. The summed E-state index contributed by atoms with van der Waals surface area (Å²) < 4.78 is 29.0. The molecule has 1 amide bonds. The second kappa shape index (κ2) is 10.9. The van der Waals surface area contributed by atoms with Gasteiger partial charge < -0.3 is 0 Å². The molecule has 0 spiro atoms. The molecule has 0 radical (unpaired) electrons. The van der Waals surface area contributed by atoms with Crippen LogP contribution >= 0.6 is 22.7 Å². The van der Waals surface area contributed by atoms with Crippen LogP contribution in [0, 0.1) is 6.92 Å². The van der Waals surface area contributed by atoms with Gasteiger partial charge in [0.2, 0.25) is 5.13 Å². The van der Waals surface area contributed by atoms with Crippen molar-refractivity contribution in [2.24, 2.45) is 5.10 Å². The maximum atomic E-state index is 13.6. The first kappa shape index (κ1) is 25.8. The van der Waals surface area contributed by atoms with Crippen molar-refractivity contribution >= 4 is 65.9 Å². The summed E-state index contributed by atoms with van der Waals surface area (Å²) in [5.74, 6) is -0.409. The lowest BCUT2D eigenvalue weighted by Crippen LogP contribution is -2.31. The molecular formula is C28H24N4O3S3. The summed E-state index contributed by atoms with van der Waals surface area (Å²) in [5, 5.41) is 8.11. The van der Waals surface area contributed by atoms with Crippen molar-refractivity contribution in [3.05, 3.63) is 106 Å². The maximum absolute atomic E-state index is 13.6. The van der Waals surface area contributed by atoms with Gasteiger partial charge in [-0.1, -0.05) is 41.7 Å². The molecule has 0 atom stereocenters. The summed E-state index contributed by atoms with van der Waals surface area (Å²) in [6.07, 6.45) is 1.62. The Morgan fingerprint density at radius 3 is 2.45 bits per heavy atom. The number of rotatable bonds is 8. The predicted molar refractivity (Wildman–Crippen MR) is 156 cm³/mol. The second-order valence-corrected chi connectivity index (χ2v) is 12.2. The molecule has 2 heterocycles. The lowest BCUT2D eigenvalue weighted by Gasteiger charge is -2.23. The number of anilines is 2. The van der Waals surface area contributed by atoms with Gasteiger partial charge in [0.15, 0.2) is 0 Å². The van der Waals surface area contributed by atoms with Gasteiger partial charge in [0.05, 0.1) is 27.0 Å². The molecule has 3 aromatic carbocycles. The highest BCUT2D eigenvalue weighted by atomic mass is 32.2. The molecule has 0 unspecified atom stereocenters. The van der Waals surface area contributed by atoms with Gasteiger partial charge in [0.25, 0.3) is 15.9 Å². The Labute approximate surface area is 229 Å². The van der Waals surface area contributed by atoms with Crippen LogP contribution in [0.4, 0.5) is 10.8 Å². The molecule has 10 heteroatoms. The molecular weight excluding hydrogens is 537 g/mol. The van der Waals surface area contributed by atoms with E-state index in [2.05, 4.69) is 10.1 Å². The lowest BCUT2D eigenvalue weighted by molar-refractivity contribution is 0.0987. The number of carbonyl (C=O) groups is 1. The van der Waals surface area contributed by atoms with Crippen molar-refractivity contribution in [2.75, 3.05) is 15.9 Å². The van der Waals surface area contributed by atoms with E-state index in [1.165, 1.54) is 56.3 Å². The van der Waals surface area contributed by atoms with E-state index in [0.29, 0.717) is 16.4 Å². The van der Waals surface area contributed by atoms with Gasteiger partial charge in [0.1, 0.15) is 0 Å². The third-order valence-electron chi connectivity index (χ3n) is 5.77. The quantitative estimate of drug-likeness (QED) is 0.159. The minimum atomic E-state index is -3.81. The van der Waals surface area contributed by atoms with Crippen molar-refractivity contribution in [3.63, 3.8) is 0 Å². The summed E-state index contributed by atoms with van der Waals surface area (Å²) in [6.45, 7) is 4.06. The zero-order valence-electron chi connectivity index (χ0n) is 20.7. The van der Waals surface area contributed by atoms with Gasteiger partial charge in [-0.2, -0.15) is 10.1 Å². The van der Waals surface area contributed by atoms with Gasteiger partial charge in [-0.05, 0) is 79.4 Å². The molecule has 5 rings (SSSR count). The van der Waals surface area contributed by atoms with E-state index in [-0.39, 0.29) is 11.4 Å². The van der Waals surface area contributed by atoms with E-state index >= 15 is 0 Å². The Bertz CT molecular complexity index is 1700. The van der Waals surface area contributed by atoms with Gasteiger partial charge >= 0.3 is 0 Å². The summed E-state index contributed by atoms with van der Waals surface area (Å²) >= 11 is 2.88. The summed E-state index contributed by atoms with van der Waals surface area (Å²) in [4.78, 5) is 19.3. The minimum absolute atomic E-state index is 0.101. The number of hydrogen-bond acceptors (Lipinski definition) is 7. The molecule has 2 aromatic heterocycles. The predicted octanol–water partition coefficient (Wildman–Crippen LogP) is 6.56. The van der Waals surface area contributed by atoms with Crippen LogP contribution in [-0.4, -0.2) is 32.1 Å². The second-order valence-electron chi connectivity index (χ2n) is 8.37.